The zero-order chi connectivity index (χ0) is 17.1. The molecule has 3 aromatic rings. The maximum Gasteiger partial charge on any atom is 0.251 e. The van der Waals surface area contributed by atoms with Crippen LogP contribution in [0.2, 0.25) is 0 Å². The zero-order valence-electron chi connectivity index (χ0n) is 13.5. The van der Waals surface area contributed by atoms with Crippen molar-refractivity contribution in [3.05, 3.63) is 74.7 Å². The summed E-state index contributed by atoms with van der Waals surface area (Å²) < 4.78 is 0.959. The van der Waals surface area contributed by atoms with Crippen LogP contribution in [-0.4, -0.2) is 10.9 Å². The summed E-state index contributed by atoms with van der Waals surface area (Å²) in [5, 5.41) is 3.97. The molecule has 0 spiro atoms. The smallest absolute Gasteiger partial charge is 0.251 e. The first-order valence-corrected chi connectivity index (χ1v) is 9.21. The molecule has 1 aromatic heterocycles. The SMILES string of the molecule is Cc1ccccc1-c1nc(C)c(CNC(=O)c2ccc(Br)cc2)s1. The summed E-state index contributed by atoms with van der Waals surface area (Å²) in [6, 6.07) is 15.5. The molecular weight excluding hydrogens is 384 g/mol. The lowest BCUT2D eigenvalue weighted by molar-refractivity contribution is 0.0951. The van der Waals surface area contributed by atoms with E-state index in [9.17, 15) is 4.79 Å². The highest BCUT2D eigenvalue weighted by atomic mass is 79.9. The molecular formula is C19H17BrN2OS. The minimum atomic E-state index is -0.0762. The van der Waals surface area contributed by atoms with E-state index in [1.165, 1.54) is 5.56 Å². The van der Waals surface area contributed by atoms with Crippen LogP contribution in [0.25, 0.3) is 10.6 Å². The molecule has 0 radical (unpaired) electrons. The number of nitrogens with zero attached hydrogens (tertiary/aromatic N) is 1. The molecule has 3 nitrogen and oxygen atoms in total. The van der Waals surface area contributed by atoms with E-state index in [4.69, 9.17) is 0 Å². The fraction of sp³-hybridized carbons (Fsp3) is 0.158. The van der Waals surface area contributed by atoms with Crippen molar-refractivity contribution in [2.75, 3.05) is 0 Å². The van der Waals surface area contributed by atoms with Gasteiger partial charge in [-0.1, -0.05) is 40.2 Å². The van der Waals surface area contributed by atoms with Gasteiger partial charge in [-0.15, -0.1) is 11.3 Å². The lowest BCUT2D eigenvalue weighted by Gasteiger charge is -2.04. The van der Waals surface area contributed by atoms with Gasteiger partial charge in [-0.05, 0) is 43.7 Å². The molecule has 0 unspecified atom stereocenters. The number of hydrogen-bond donors (Lipinski definition) is 1. The Morgan fingerprint density at radius 2 is 1.83 bits per heavy atom. The molecule has 24 heavy (non-hydrogen) atoms. The molecule has 122 valence electrons. The van der Waals surface area contributed by atoms with Crippen molar-refractivity contribution >= 4 is 33.2 Å². The summed E-state index contributed by atoms with van der Waals surface area (Å²) in [4.78, 5) is 18.0. The summed E-state index contributed by atoms with van der Waals surface area (Å²) in [5.74, 6) is -0.0762. The Labute approximate surface area is 153 Å². The normalized spacial score (nSPS) is 10.6. The zero-order valence-corrected chi connectivity index (χ0v) is 15.9. The van der Waals surface area contributed by atoms with Gasteiger partial charge in [-0.3, -0.25) is 4.79 Å². The van der Waals surface area contributed by atoms with E-state index in [0.717, 1.165) is 25.6 Å². The predicted molar refractivity (Wildman–Crippen MR) is 102 cm³/mol. The van der Waals surface area contributed by atoms with Crippen LogP contribution < -0.4 is 5.32 Å². The average Bonchev–Trinajstić information content (AvgIpc) is 2.94. The summed E-state index contributed by atoms with van der Waals surface area (Å²) in [6.07, 6.45) is 0. The summed E-state index contributed by atoms with van der Waals surface area (Å²) >= 11 is 5.01. The van der Waals surface area contributed by atoms with Crippen LogP contribution in [-0.2, 0) is 6.54 Å². The van der Waals surface area contributed by atoms with Gasteiger partial charge in [-0.25, -0.2) is 4.98 Å². The van der Waals surface area contributed by atoms with Crippen molar-refractivity contribution in [1.82, 2.24) is 10.3 Å². The van der Waals surface area contributed by atoms with Gasteiger partial charge in [0.25, 0.3) is 5.91 Å². The maximum atomic E-state index is 12.2. The second-order valence-electron chi connectivity index (χ2n) is 5.53. The third-order valence-electron chi connectivity index (χ3n) is 3.78. The molecule has 1 N–H and O–H groups in total. The predicted octanol–water partition coefficient (Wildman–Crippen LogP) is 5.12. The molecule has 0 bridgehead atoms. The highest BCUT2D eigenvalue weighted by molar-refractivity contribution is 9.10. The second kappa shape index (κ2) is 7.28. The van der Waals surface area contributed by atoms with Crippen LogP contribution in [0.4, 0.5) is 0 Å². The number of carbonyl (C=O) groups is 1. The summed E-state index contributed by atoms with van der Waals surface area (Å²) in [6.45, 7) is 4.56. The molecule has 2 aromatic carbocycles. The molecule has 0 fully saturated rings. The van der Waals surface area contributed by atoms with Crippen molar-refractivity contribution in [1.29, 1.82) is 0 Å². The van der Waals surface area contributed by atoms with Crippen molar-refractivity contribution in [3.8, 4) is 10.6 Å². The number of hydrogen-bond acceptors (Lipinski definition) is 3. The number of carbonyl (C=O) groups excluding carboxylic acids is 1. The topological polar surface area (TPSA) is 42.0 Å². The first-order valence-electron chi connectivity index (χ1n) is 7.60. The number of aryl methyl sites for hydroxylation is 2. The molecule has 5 heteroatoms. The van der Waals surface area contributed by atoms with Gasteiger partial charge in [0.05, 0.1) is 12.2 Å². The standard InChI is InChI=1S/C19H17BrN2OS/c1-12-5-3-4-6-16(12)19-22-13(2)17(24-19)11-21-18(23)14-7-9-15(20)10-8-14/h3-10H,11H2,1-2H3,(H,21,23). The monoisotopic (exact) mass is 400 g/mol. The minimum absolute atomic E-state index is 0.0762. The number of aromatic nitrogens is 1. The highest BCUT2D eigenvalue weighted by Gasteiger charge is 2.12. The fourth-order valence-corrected chi connectivity index (χ4v) is 3.74. The highest BCUT2D eigenvalue weighted by Crippen LogP contribution is 2.30. The van der Waals surface area contributed by atoms with E-state index in [1.54, 1.807) is 23.5 Å². The summed E-state index contributed by atoms with van der Waals surface area (Å²) in [5.41, 5.74) is 3.97. The largest absolute Gasteiger partial charge is 0.347 e. The van der Waals surface area contributed by atoms with Crippen LogP contribution in [0.15, 0.2) is 53.0 Å². The number of rotatable bonds is 4. The minimum Gasteiger partial charge on any atom is -0.347 e. The first-order chi connectivity index (χ1) is 11.5. The molecule has 0 aliphatic rings. The van der Waals surface area contributed by atoms with Gasteiger partial charge in [0.15, 0.2) is 0 Å². The number of benzene rings is 2. The Balaban J connectivity index is 1.73. The van der Waals surface area contributed by atoms with E-state index in [1.807, 2.05) is 31.2 Å². The van der Waals surface area contributed by atoms with Gasteiger partial charge >= 0.3 is 0 Å². The number of thiazole rings is 1. The van der Waals surface area contributed by atoms with E-state index in [2.05, 4.69) is 45.3 Å². The molecule has 0 aliphatic carbocycles. The number of amides is 1. The van der Waals surface area contributed by atoms with Gasteiger partial charge in [-0.2, -0.15) is 0 Å². The number of nitrogens with one attached hydrogen (secondary N) is 1. The molecule has 0 atom stereocenters. The third-order valence-corrected chi connectivity index (χ3v) is 5.50. The van der Waals surface area contributed by atoms with Crippen LogP contribution in [0, 0.1) is 13.8 Å². The van der Waals surface area contributed by atoms with Crippen molar-refractivity contribution in [2.45, 2.75) is 20.4 Å². The van der Waals surface area contributed by atoms with E-state index in [-0.39, 0.29) is 5.91 Å². The second-order valence-corrected chi connectivity index (χ2v) is 7.53. The fourth-order valence-electron chi connectivity index (χ4n) is 2.38. The van der Waals surface area contributed by atoms with Gasteiger partial charge in [0.1, 0.15) is 5.01 Å². The van der Waals surface area contributed by atoms with Crippen molar-refractivity contribution < 1.29 is 4.79 Å². The van der Waals surface area contributed by atoms with Crippen molar-refractivity contribution in [2.24, 2.45) is 0 Å². The number of halogens is 1. The quantitative estimate of drug-likeness (QED) is 0.660. The Morgan fingerprint density at radius 1 is 1.12 bits per heavy atom. The van der Waals surface area contributed by atoms with Crippen LogP contribution in [0.1, 0.15) is 26.5 Å². The van der Waals surface area contributed by atoms with Gasteiger partial charge in [0.2, 0.25) is 0 Å². The molecule has 0 aliphatic heterocycles. The van der Waals surface area contributed by atoms with E-state index in [0.29, 0.717) is 12.1 Å². The first kappa shape index (κ1) is 16.9. The average molecular weight is 401 g/mol. The molecule has 0 saturated heterocycles. The molecule has 1 amide bonds. The van der Waals surface area contributed by atoms with Crippen LogP contribution >= 0.6 is 27.3 Å². The van der Waals surface area contributed by atoms with E-state index < -0.39 is 0 Å². The lowest BCUT2D eigenvalue weighted by Crippen LogP contribution is -2.22. The van der Waals surface area contributed by atoms with Crippen LogP contribution in [0.3, 0.4) is 0 Å². The van der Waals surface area contributed by atoms with Crippen molar-refractivity contribution in [3.63, 3.8) is 0 Å². The van der Waals surface area contributed by atoms with E-state index >= 15 is 0 Å². The van der Waals surface area contributed by atoms with Gasteiger partial charge < -0.3 is 5.32 Å². The summed E-state index contributed by atoms with van der Waals surface area (Å²) in [7, 11) is 0. The van der Waals surface area contributed by atoms with Gasteiger partial charge in [0, 0.05) is 20.5 Å². The lowest BCUT2D eigenvalue weighted by atomic mass is 10.1. The van der Waals surface area contributed by atoms with Crippen LogP contribution in [0.5, 0.6) is 0 Å². The Hall–Kier alpha value is -1.98. The third kappa shape index (κ3) is 3.74. The molecule has 1 heterocycles. The Bertz CT molecular complexity index is 871. The Morgan fingerprint density at radius 3 is 2.54 bits per heavy atom. The maximum absolute atomic E-state index is 12.2. The Kier molecular flexibility index (Phi) is 5.11. The molecule has 3 rings (SSSR count). The molecule has 0 saturated carbocycles.